The molecular weight excluding hydrogens is 544 g/mol. The van der Waals surface area contributed by atoms with E-state index in [0.717, 1.165) is 85.1 Å². The Morgan fingerprint density at radius 2 is 1.74 bits per heavy atom. The van der Waals surface area contributed by atoms with Gasteiger partial charge in [0.05, 0.1) is 11.2 Å². The van der Waals surface area contributed by atoms with Gasteiger partial charge in [0.15, 0.2) is 11.5 Å². The molecule has 7 rings (SSSR count). The van der Waals surface area contributed by atoms with Crippen LogP contribution in [0.2, 0.25) is 5.15 Å². The van der Waals surface area contributed by atoms with Crippen molar-refractivity contribution < 1.29 is 0 Å². The minimum Gasteiger partial charge on any atom is -0.341 e. The highest BCUT2D eigenvalue weighted by Gasteiger charge is 2.22. The molecule has 0 atom stereocenters. The van der Waals surface area contributed by atoms with Crippen molar-refractivity contribution in [3.63, 3.8) is 0 Å². The molecule has 0 spiro atoms. The Balaban J connectivity index is 1.03. The second-order valence-corrected chi connectivity index (χ2v) is 11.4. The van der Waals surface area contributed by atoms with E-state index in [2.05, 4.69) is 61.5 Å². The number of aryl methyl sites for hydroxylation is 3. The van der Waals surface area contributed by atoms with Crippen molar-refractivity contribution in [1.29, 1.82) is 0 Å². The van der Waals surface area contributed by atoms with Crippen LogP contribution in [0, 0.1) is 12.8 Å². The number of hydrogen-bond donors (Lipinski definition) is 0. The molecule has 1 saturated heterocycles. The molecule has 1 fully saturated rings. The van der Waals surface area contributed by atoms with E-state index in [4.69, 9.17) is 21.7 Å². The fraction of sp³-hybridized carbons (Fsp3) is 0.273. The van der Waals surface area contributed by atoms with Crippen LogP contribution in [0.4, 0.5) is 5.95 Å². The summed E-state index contributed by atoms with van der Waals surface area (Å²) in [5, 5.41) is 15.3. The zero-order valence-corrected chi connectivity index (χ0v) is 24.2. The molecule has 0 unspecified atom stereocenters. The quantitative estimate of drug-likeness (QED) is 0.206. The normalized spacial score (nSPS) is 14.2. The fourth-order valence-electron chi connectivity index (χ4n) is 5.92. The Hall–Kier alpha value is -4.43. The summed E-state index contributed by atoms with van der Waals surface area (Å²) in [5.74, 6) is 2.22. The lowest BCUT2D eigenvalue weighted by Crippen LogP contribution is -2.35. The van der Waals surface area contributed by atoms with Crippen molar-refractivity contribution >= 4 is 34.1 Å². The van der Waals surface area contributed by atoms with Crippen LogP contribution in [-0.4, -0.2) is 47.9 Å². The van der Waals surface area contributed by atoms with Gasteiger partial charge in [0.1, 0.15) is 5.15 Å². The average Bonchev–Trinajstić information content (AvgIpc) is 3.42. The van der Waals surface area contributed by atoms with E-state index in [1.807, 2.05) is 48.0 Å². The molecule has 6 aromatic rings. The Morgan fingerprint density at radius 1 is 0.881 bits per heavy atom. The van der Waals surface area contributed by atoms with Crippen LogP contribution in [0.25, 0.3) is 27.8 Å². The molecule has 5 heterocycles. The summed E-state index contributed by atoms with van der Waals surface area (Å²) in [6.45, 7) is 3.84. The average molecular weight is 575 g/mol. The van der Waals surface area contributed by atoms with Crippen molar-refractivity contribution in [1.82, 2.24) is 34.8 Å². The lowest BCUT2D eigenvalue weighted by atomic mass is 9.89. The summed E-state index contributed by atoms with van der Waals surface area (Å²) in [7, 11) is 0. The van der Waals surface area contributed by atoms with E-state index in [-0.39, 0.29) is 0 Å². The van der Waals surface area contributed by atoms with E-state index in [1.165, 1.54) is 16.5 Å². The number of halogens is 1. The van der Waals surface area contributed by atoms with E-state index in [9.17, 15) is 0 Å². The number of anilines is 1. The monoisotopic (exact) mass is 574 g/mol. The van der Waals surface area contributed by atoms with Crippen molar-refractivity contribution in [2.45, 2.75) is 39.0 Å². The summed E-state index contributed by atoms with van der Waals surface area (Å²) >= 11 is 6.17. The lowest BCUT2D eigenvalue weighted by molar-refractivity contribution is 0.400. The molecule has 0 N–H and O–H groups in total. The van der Waals surface area contributed by atoms with Crippen molar-refractivity contribution in [3.05, 3.63) is 107 Å². The predicted molar refractivity (Wildman–Crippen MR) is 166 cm³/mol. The second-order valence-electron chi connectivity index (χ2n) is 11.1. The molecule has 210 valence electrons. The SMILES string of the molecule is Cc1cc(Cl)nc(N2CCC(Cc3ccc4c(CCc5nnc6ccc(-c7ccccc7)nn56)ccnc4c3)CC2)n1. The van der Waals surface area contributed by atoms with Crippen LogP contribution in [-0.2, 0) is 19.3 Å². The van der Waals surface area contributed by atoms with Crippen LogP contribution in [0.5, 0.6) is 0 Å². The van der Waals surface area contributed by atoms with Gasteiger partial charge in [-0.25, -0.2) is 9.97 Å². The first-order chi connectivity index (χ1) is 20.6. The summed E-state index contributed by atoms with van der Waals surface area (Å²) in [6.07, 6.45) is 6.74. The highest BCUT2D eigenvalue weighted by atomic mass is 35.5. The molecule has 0 saturated carbocycles. The highest BCUT2D eigenvalue weighted by Crippen LogP contribution is 2.27. The first kappa shape index (κ1) is 26.5. The minimum atomic E-state index is 0.506. The molecule has 42 heavy (non-hydrogen) atoms. The van der Waals surface area contributed by atoms with Gasteiger partial charge in [-0.05, 0) is 80.0 Å². The van der Waals surface area contributed by atoms with Crippen molar-refractivity contribution in [2.75, 3.05) is 18.0 Å². The number of rotatable bonds is 7. The van der Waals surface area contributed by atoms with E-state index < -0.39 is 0 Å². The molecular formula is C33H31ClN8. The Bertz CT molecular complexity index is 1840. The van der Waals surface area contributed by atoms with Gasteiger partial charge in [-0.15, -0.1) is 10.2 Å². The molecule has 0 radical (unpaired) electrons. The third-order valence-electron chi connectivity index (χ3n) is 8.15. The van der Waals surface area contributed by atoms with Crippen LogP contribution < -0.4 is 4.90 Å². The first-order valence-electron chi connectivity index (χ1n) is 14.5. The van der Waals surface area contributed by atoms with Gasteiger partial charge in [0.2, 0.25) is 5.95 Å². The minimum absolute atomic E-state index is 0.506. The number of aromatic nitrogens is 7. The number of fused-ring (bicyclic) bond motifs is 2. The van der Waals surface area contributed by atoms with Gasteiger partial charge >= 0.3 is 0 Å². The first-order valence-corrected chi connectivity index (χ1v) is 14.9. The van der Waals surface area contributed by atoms with Gasteiger partial charge < -0.3 is 4.90 Å². The van der Waals surface area contributed by atoms with Crippen molar-refractivity contribution in [3.8, 4) is 11.3 Å². The maximum absolute atomic E-state index is 6.17. The Kier molecular flexibility index (Phi) is 7.22. The van der Waals surface area contributed by atoms with Crippen molar-refractivity contribution in [2.24, 2.45) is 5.92 Å². The zero-order valence-electron chi connectivity index (χ0n) is 23.5. The van der Waals surface area contributed by atoms with Gasteiger partial charge in [-0.2, -0.15) is 9.61 Å². The number of nitrogens with zero attached hydrogens (tertiary/aromatic N) is 8. The van der Waals surface area contributed by atoms with Gasteiger partial charge in [0, 0.05) is 42.4 Å². The van der Waals surface area contributed by atoms with E-state index in [0.29, 0.717) is 11.1 Å². The summed E-state index contributed by atoms with van der Waals surface area (Å²) in [5.41, 5.74) is 7.28. The standard InChI is InChI=1S/C33H31ClN8/c1-22-19-30(34)37-33(36-22)41-17-14-23(15-18-41)20-24-7-9-27-25(13-16-35-29(27)21-24)8-11-31-38-39-32-12-10-28(40-42(31)32)26-5-3-2-4-6-26/h2-7,9-10,12-13,16,19,21,23H,8,11,14-15,17-18,20H2,1H3. The van der Waals surface area contributed by atoms with Crippen LogP contribution in [0.1, 0.15) is 35.5 Å². The molecule has 2 aromatic carbocycles. The summed E-state index contributed by atoms with van der Waals surface area (Å²) in [4.78, 5) is 16.0. The van der Waals surface area contributed by atoms with Crippen LogP contribution >= 0.6 is 11.6 Å². The molecule has 9 heteroatoms. The largest absolute Gasteiger partial charge is 0.341 e. The van der Waals surface area contributed by atoms with E-state index >= 15 is 0 Å². The predicted octanol–water partition coefficient (Wildman–Crippen LogP) is 6.34. The molecule has 4 aromatic heterocycles. The van der Waals surface area contributed by atoms with Gasteiger partial charge in [0.25, 0.3) is 0 Å². The molecule has 1 aliphatic rings. The molecule has 0 aliphatic carbocycles. The number of pyridine rings is 1. The number of hydrogen-bond acceptors (Lipinski definition) is 7. The number of piperidine rings is 1. The summed E-state index contributed by atoms with van der Waals surface area (Å²) < 4.78 is 1.87. The molecule has 1 aliphatic heterocycles. The summed E-state index contributed by atoms with van der Waals surface area (Å²) in [6, 6.07) is 24.8. The smallest absolute Gasteiger partial charge is 0.226 e. The zero-order chi connectivity index (χ0) is 28.5. The third kappa shape index (κ3) is 5.54. The van der Waals surface area contributed by atoms with Crippen LogP contribution in [0.3, 0.4) is 0 Å². The van der Waals surface area contributed by atoms with Crippen LogP contribution in [0.15, 0.2) is 79.0 Å². The number of benzene rings is 2. The lowest BCUT2D eigenvalue weighted by Gasteiger charge is -2.32. The fourth-order valence-corrected chi connectivity index (χ4v) is 6.16. The Labute approximate surface area is 249 Å². The maximum atomic E-state index is 6.17. The molecule has 8 nitrogen and oxygen atoms in total. The molecule has 0 bridgehead atoms. The van der Waals surface area contributed by atoms with Gasteiger partial charge in [-0.1, -0.05) is 54.1 Å². The molecule has 0 amide bonds. The second kappa shape index (κ2) is 11.4. The highest BCUT2D eigenvalue weighted by molar-refractivity contribution is 6.29. The maximum Gasteiger partial charge on any atom is 0.226 e. The third-order valence-corrected chi connectivity index (χ3v) is 8.34. The van der Waals surface area contributed by atoms with E-state index in [1.54, 1.807) is 6.07 Å². The Morgan fingerprint density at radius 3 is 2.57 bits per heavy atom. The van der Waals surface area contributed by atoms with Gasteiger partial charge in [-0.3, -0.25) is 4.98 Å². The topological polar surface area (TPSA) is 85.0 Å².